The Hall–Kier alpha value is -1.73. The number of aromatic amines is 1. The van der Waals surface area contributed by atoms with Crippen LogP contribution in [-0.2, 0) is 4.79 Å². The molecule has 2 saturated heterocycles. The van der Waals surface area contributed by atoms with E-state index in [1.54, 1.807) is 0 Å². The van der Waals surface area contributed by atoms with Crippen LogP contribution in [0.4, 0.5) is 5.82 Å². The smallest absolute Gasteiger partial charge is 0.239 e. The number of thioether (sulfide) groups is 1. The third-order valence-electron chi connectivity index (χ3n) is 7.11. The van der Waals surface area contributed by atoms with E-state index in [-0.39, 0.29) is 4.75 Å². The number of rotatable bonds is 6. The average Bonchev–Trinajstić information content (AvgIpc) is 3.35. The zero-order valence-corrected chi connectivity index (χ0v) is 18.6. The highest BCUT2D eigenvalue weighted by Crippen LogP contribution is 2.46. The molecule has 162 valence electrons. The number of aromatic nitrogens is 2. The summed E-state index contributed by atoms with van der Waals surface area (Å²) >= 11 is 1.92. The van der Waals surface area contributed by atoms with Gasteiger partial charge in [-0.15, -0.1) is 11.8 Å². The Morgan fingerprint density at radius 3 is 2.60 bits per heavy atom. The van der Waals surface area contributed by atoms with Crippen molar-refractivity contribution in [2.75, 3.05) is 50.0 Å². The van der Waals surface area contributed by atoms with Crippen molar-refractivity contribution in [3.05, 3.63) is 24.3 Å². The van der Waals surface area contributed by atoms with Gasteiger partial charge in [0.2, 0.25) is 5.91 Å². The number of hydrogen-bond donors (Lipinski definition) is 1. The highest BCUT2D eigenvalue weighted by molar-refractivity contribution is 8.01. The molecule has 0 atom stereocenters. The van der Waals surface area contributed by atoms with Crippen LogP contribution in [-0.4, -0.2) is 75.8 Å². The Balaban J connectivity index is 1.04. The van der Waals surface area contributed by atoms with E-state index in [1.807, 2.05) is 17.8 Å². The third-order valence-corrected chi connectivity index (χ3v) is 8.69. The van der Waals surface area contributed by atoms with Gasteiger partial charge in [-0.25, -0.2) is 0 Å². The van der Waals surface area contributed by atoms with Gasteiger partial charge >= 0.3 is 0 Å². The van der Waals surface area contributed by atoms with E-state index >= 15 is 0 Å². The number of anilines is 1. The minimum absolute atomic E-state index is 0.0506. The average molecular weight is 428 g/mol. The van der Waals surface area contributed by atoms with E-state index in [4.69, 9.17) is 0 Å². The Bertz CT molecular complexity index is 869. The Labute approximate surface area is 183 Å². The quantitative estimate of drug-likeness (QED) is 0.713. The first-order valence-electron chi connectivity index (χ1n) is 11.6. The predicted octanol–water partition coefficient (Wildman–Crippen LogP) is 3.70. The first-order chi connectivity index (χ1) is 14.8. The number of para-hydroxylation sites is 1. The van der Waals surface area contributed by atoms with Crippen LogP contribution in [0.3, 0.4) is 0 Å². The highest BCUT2D eigenvalue weighted by Gasteiger charge is 2.47. The largest absolute Gasteiger partial charge is 0.352 e. The van der Waals surface area contributed by atoms with Crippen molar-refractivity contribution < 1.29 is 4.79 Å². The number of carbonyl (C=O) groups excluding carboxylic acids is 1. The Kier molecular flexibility index (Phi) is 5.92. The summed E-state index contributed by atoms with van der Waals surface area (Å²) < 4.78 is -0.0506. The van der Waals surface area contributed by atoms with Gasteiger partial charge in [-0.1, -0.05) is 31.4 Å². The summed E-state index contributed by atoms with van der Waals surface area (Å²) in [6, 6.07) is 8.36. The molecule has 1 aromatic heterocycles. The van der Waals surface area contributed by atoms with E-state index in [9.17, 15) is 4.79 Å². The van der Waals surface area contributed by atoms with Gasteiger partial charge in [0.05, 0.1) is 16.1 Å². The first kappa shape index (κ1) is 20.2. The molecule has 5 rings (SSSR count). The molecular formula is C23H33N5OS. The third kappa shape index (κ3) is 3.94. The molecule has 3 heterocycles. The number of piperazine rings is 1. The van der Waals surface area contributed by atoms with Crippen molar-refractivity contribution >= 4 is 34.4 Å². The van der Waals surface area contributed by atoms with Crippen molar-refractivity contribution in [1.82, 2.24) is 20.0 Å². The molecule has 1 aromatic carbocycles. The molecule has 0 unspecified atom stereocenters. The highest BCUT2D eigenvalue weighted by atomic mass is 32.2. The predicted molar refractivity (Wildman–Crippen MR) is 124 cm³/mol. The van der Waals surface area contributed by atoms with Crippen LogP contribution in [0.2, 0.25) is 0 Å². The molecule has 1 saturated carbocycles. The van der Waals surface area contributed by atoms with Gasteiger partial charge in [-0.05, 0) is 44.4 Å². The second-order valence-electron chi connectivity index (χ2n) is 9.03. The Morgan fingerprint density at radius 1 is 1.00 bits per heavy atom. The number of benzene rings is 1. The van der Waals surface area contributed by atoms with E-state index in [0.29, 0.717) is 5.91 Å². The summed E-state index contributed by atoms with van der Waals surface area (Å²) in [5.41, 5.74) is 1.11. The number of H-pyrrole nitrogens is 1. The van der Waals surface area contributed by atoms with Crippen LogP contribution in [0.25, 0.3) is 10.9 Å². The molecule has 1 N–H and O–H groups in total. The zero-order valence-electron chi connectivity index (χ0n) is 17.8. The first-order valence-corrected chi connectivity index (χ1v) is 12.6. The van der Waals surface area contributed by atoms with E-state index in [1.165, 1.54) is 31.1 Å². The van der Waals surface area contributed by atoms with Crippen molar-refractivity contribution in [2.24, 2.45) is 0 Å². The van der Waals surface area contributed by atoms with Gasteiger partial charge in [0.15, 0.2) is 5.82 Å². The zero-order chi connectivity index (χ0) is 20.4. The summed E-state index contributed by atoms with van der Waals surface area (Å²) in [7, 11) is 0. The van der Waals surface area contributed by atoms with Gasteiger partial charge in [-0.3, -0.25) is 14.8 Å². The maximum absolute atomic E-state index is 12.9. The van der Waals surface area contributed by atoms with Gasteiger partial charge in [0, 0.05) is 38.1 Å². The molecule has 6 nitrogen and oxygen atoms in total. The molecule has 0 bridgehead atoms. The van der Waals surface area contributed by atoms with Crippen LogP contribution in [0.15, 0.2) is 24.3 Å². The Morgan fingerprint density at radius 2 is 1.77 bits per heavy atom. The van der Waals surface area contributed by atoms with Gasteiger partial charge in [0.25, 0.3) is 0 Å². The van der Waals surface area contributed by atoms with Crippen LogP contribution in [0, 0.1) is 0 Å². The lowest BCUT2D eigenvalue weighted by Gasteiger charge is -2.35. The fourth-order valence-electron chi connectivity index (χ4n) is 5.27. The summed E-state index contributed by atoms with van der Waals surface area (Å²) in [5.74, 6) is 2.44. The normalized spacial score (nSPS) is 22.5. The van der Waals surface area contributed by atoms with E-state index in [2.05, 4.69) is 43.1 Å². The van der Waals surface area contributed by atoms with E-state index < -0.39 is 0 Å². The molecule has 1 amide bonds. The molecule has 3 aliphatic rings. The number of amides is 1. The number of carbonyl (C=O) groups is 1. The fourth-order valence-corrected chi connectivity index (χ4v) is 6.75. The van der Waals surface area contributed by atoms with E-state index in [0.717, 1.165) is 75.7 Å². The van der Waals surface area contributed by atoms with Crippen molar-refractivity contribution in [3.8, 4) is 0 Å². The lowest BCUT2D eigenvalue weighted by atomic mass is 9.87. The SMILES string of the molecule is O=C1N(CCCCN2CCN(c3n[nH]c4ccccc34)CC2)CSC12CCCCC2. The molecule has 7 heteroatoms. The number of nitrogens with one attached hydrogen (secondary N) is 1. The molecule has 2 aromatic rings. The van der Waals surface area contributed by atoms with Crippen LogP contribution in [0.1, 0.15) is 44.9 Å². The second-order valence-corrected chi connectivity index (χ2v) is 10.4. The number of hydrogen-bond acceptors (Lipinski definition) is 5. The molecule has 3 fully saturated rings. The molecule has 1 spiro atoms. The monoisotopic (exact) mass is 427 g/mol. The topological polar surface area (TPSA) is 55.5 Å². The van der Waals surface area contributed by atoms with Crippen LogP contribution >= 0.6 is 11.8 Å². The summed E-state index contributed by atoms with van der Waals surface area (Å²) in [5, 5.41) is 8.92. The second kappa shape index (κ2) is 8.79. The minimum atomic E-state index is -0.0506. The van der Waals surface area contributed by atoms with Crippen LogP contribution < -0.4 is 4.90 Å². The van der Waals surface area contributed by atoms with Gasteiger partial charge < -0.3 is 9.80 Å². The number of fused-ring (bicyclic) bond motifs is 1. The number of unbranched alkanes of at least 4 members (excludes halogenated alkanes) is 1. The van der Waals surface area contributed by atoms with Crippen molar-refractivity contribution in [3.63, 3.8) is 0 Å². The summed E-state index contributed by atoms with van der Waals surface area (Å²) in [4.78, 5) is 20.0. The minimum Gasteiger partial charge on any atom is -0.352 e. The van der Waals surface area contributed by atoms with Gasteiger partial charge in [-0.2, -0.15) is 5.10 Å². The number of nitrogens with zero attached hydrogens (tertiary/aromatic N) is 4. The molecule has 0 radical (unpaired) electrons. The summed E-state index contributed by atoms with van der Waals surface area (Å²) in [6.45, 7) is 6.30. The lowest BCUT2D eigenvalue weighted by molar-refractivity contribution is -0.132. The molecular weight excluding hydrogens is 394 g/mol. The molecule has 30 heavy (non-hydrogen) atoms. The molecule has 2 aliphatic heterocycles. The lowest BCUT2D eigenvalue weighted by Crippen LogP contribution is -2.47. The standard InChI is InChI=1S/C23H33N5OS/c29-22-23(10-4-1-5-11-23)30-18-28(22)13-7-6-12-26-14-16-27(17-15-26)21-19-8-2-3-9-20(19)24-25-21/h2-3,8-9H,1,4-7,10-18H2,(H,24,25). The maximum Gasteiger partial charge on any atom is 0.239 e. The summed E-state index contributed by atoms with van der Waals surface area (Å²) in [6.07, 6.45) is 8.25. The maximum atomic E-state index is 12.9. The fraction of sp³-hybridized carbons (Fsp3) is 0.652. The molecule has 1 aliphatic carbocycles. The van der Waals surface area contributed by atoms with Crippen LogP contribution in [0.5, 0.6) is 0 Å². The van der Waals surface area contributed by atoms with Gasteiger partial charge in [0.1, 0.15) is 0 Å². The van der Waals surface area contributed by atoms with Crippen molar-refractivity contribution in [1.29, 1.82) is 0 Å². The van der Waals surface area contributed by atoms with Crippen molar-refractivity contribution in [2.45, 2.75) is 49.7 Å².